The number of aryl methyl sites for hydroxylation is 1. The molecular formula is C27H33ClN2O3S. The fourth-order valence-corrected chi connectivity index (χ4v) is 6.31. The number of hydrogen-bond donors (Lipinski definition) is 0. The molecule has 1 atom stereocenters. The van der Waals surface area contributed by atoms with Crippen LogP contribution in [0.4, 0.5) is 5.69 Å². The largest absolute Gasteiger partial charge is 0.343 e. The molecule has 0 saturated carbocycles. The normalized spacial score (nSPS) is 18.3. The predicted molar refractivity (Wildman–Crippen MR) is 140 cm³/mol. The van der Waals surface area contributed by atoms with Crippen molar-refractivity contribution < 1.29 is 13.2 Å². The van der Waals surface area contributed by atoms with E-state index in [1.807, 2.05) is 41.3 Å². The maximum absolute atomic E-state index is 14.0. The van der Waals surface area contributed by atoms with E-state index >= 15 is 0 Å². The molecule has 1 aromatic heterocycles. The van der Waals surface area contributed by atoms with Crippen molar-refractivity contribution in [2.45, 2.75) is 58.5 Å². The molecule has 0 bridgehead atoms. The van der Waals surface area contributed by atoms with Crippen LogP contribution in [0.2, 0.25) is 5.02 Å². The first-order chi connectivity index (χ1) is 16.1. The number of fused-ring (bicyclic) bond motifs is 2. The van der Waals surface area contributed by atoms with E-state index in [0.29, 0.717) is 30.5 Å². The van der Waals surface area contributed by atoms with E-state index in [4.69, 9.17) is 11.6 Å². The molecule has 1 unspecified atom stereocenters. The van der Waals surface area contributed by atoms with Crippen LogP contribution in [0.1, 0.15) is 51.3 Å². The van der Waals surface area contributed by atoms with E-state index in [1.165, 1.54) is 6.26 Å². The quantitative estimate of drug-likeness (QED) is 0.363. The van der Waals surface area contributed by atoms with Crippen molar-refractivity contribution in [1.29, 1.82) is 0 Å². The molecule has 0 radical (unpaired) electrons. The second-order valence-electron chi connectivity index (χ2n) is 9.92. The van der Waals surface area contributed by atoms with Gasteiger partial charge in [-0.25, -0.2) is 8.42 Å². The standard InChI is InChI=1S/C27H33ClN2O3S/c1-5-27(17-19(2)3)23-9-6-7-10-25(23)30(26(27)31)18-22-16-20-15-21(28)11-12-24(20)29(22)13-8-14-34(4,32)33/h6-7,9-12,15-16,19H,5,8,13-14,17-18H2,1-4H3. The Labute approximate surface area is 207 Å². The van der Waals surface area contributed by atoms with Gasteiger partial charge in [0, 0.05) is 40.1 Å². The van der Waals surface area contributed by atoms with Gasteiger partial charge in [-0.05, 0) is 61.1 Å². The first-order valence-corrected chi connectivity index (χ1v) is 14.4. The Morgan fingerprint density at radius 3 is 2.50 bits per heavy atom. The highest BCUT2D eigenvalue weighted by atomic mass is 35.5. The summed E-state index contributed by atoms with van der Waals surface area (Å²) in [5.41, 5.74) is 3.54. The van der Waals surface area contributed by atoms with Gasteiger partial charge in [0.2, 0.25) is 5.91 Å². The van der Waals surface area contributed by atoms with Gasteiger partial charge >= 0.3 is 0 Å². The number of carbonyl (C=O) groups excluding carboxylic acids is 1. The van der Waals surface area contributed by atoms with E-state index in [1.54, 1.807) is 0 Å². The molecule has 7 heteroatoms. The molecule has 3 aromatic rings. The van der Waals surface area contributed by atoms with Crippen LogP contribution >= 0.6 is 11.6 Å². The minimum atomic E-state index is -3.05. The topological polar surface area (TPSA) is 59.4 Å². The van der Waals surface area contributed by atoms with Crippen molar-refractivity contribution in [3.8, 4) is 0 Å². The van der Waals surface area contributed by atoms with Crippen LogP contribution in [-0.4, -0.2) is 30.9 Å². The third-order valence-corrected chi connectivity index (χ3v) is 8.16. The first kappa shape index (κ1) is 24.8. The molecule has 1 aliphatic rings. The summed E-state index contributed by atoms with van der Waals surface area (Å²) in [7, 11) is -3.05. The molecule has 1 amide bonds. The fourth-order valence-electron chi connectivity index (χ4n) is 5.47. The van der Waals surface area contributed by atoms with Crippen LogP contribution in [0.5, 0.6) is 0 Å². The summed E-state index contributed by atoms with van der Waals surface area (Å²) in [5.74, 6) is 0.663. The van der Waals surface area contributed by atoms with Gasteiger partial charge in [-0.2, -0.15) is 0 Å². The van der Waals surface area contributed by atoms with Crippen molar-refractivity contribution in [3.63, 3.8) is 0 Å². The molecule has 5 nitrogen and oxygen atoms in total. The number of aromatic nitrogens is 1. The maximum atomic E-state index is 14.0. The van der Waals surface area contributed by atoms with E-state index in [-0.39, 0.29) is 11.7 Å². The number of carbonyl (C=O) groups is 1. The van der Waals surface area contributed by atoms with E-state index in [9.17, 15) is 13.2 Å². The molecule has 4 rings (SSSR count). The van der Waals surface area contributed by atoms with Gasteiger partial charge in [0.15, 0.2) is 0 Å². The number of nitrogens with zero attached hydrogens (tertiary/aromatic N) is 2. The maximum Gasteiger partial charge on any atom is 0.238 e. The summed E-state index contributed by atoms with van der Waals surface area (Å²) >= 11 is 6.26. The van der Waals surface area contributed by atoms with Crippen molar-refractivity contribution >= 4 is 43.9 Å². The zero-order valence-corrected chi connectivity index (χ0v) is 21.9. The van der Waals surface area contributed by atoms with Gasteiger partial charge in [-0.3, -0.25) is 4.79 Å². The Morgan fingerprint density at radius 2 is 1.82 bits per heavy atom. The highest BCUT2D eigenvalue weighted by Gasteiger charge is 2.49. The molecule has 0 saturated heterocycles. The number of anilines is 1. The summed E-state index contributed by atoms with van der Waals surface area (Å²) in [6.07, 6.45) is 3.34. The van der Waals surface area contributed by atoms with Gasteiger partial charge in [0.05, 0.1) is 17.7 Å². The van der Waals surface area contributed by atoms with Crippen molar-refractivity contribution in [2.75, 3.05) is 16.9 Å². The third kappa shape index (κ3) is 4.63. The van der Waals surface area contributed by atoms with Gasteiger partial charge < -0.3 is 9.47 Å². The van der Waals surface area contributed by atoms with E-state index in [0.717, 1.165) is 40.7 Å². The average Bonchev–Trinajstić information content (AvgIpc) is 3.21. The van der Waals surface area contributed by atoms with Crippen LogP contribution in [0.3, 0.4) is 0 Å². The molecule has 0 spiro atoms. The highest BCUT2D eigenvalue weighted by molar-refractivity contribution is 7.90. The predicted octanol–water partition coefficient (Wildman–Crippen LogP) is 5.97. The van der Waals surface area contributed by atoms with E-state index in [2.05, 4.69) is 37.5 Å². The molecular weight excluding hydrogens is 468 g/mol. The Hall–Kier alpha value is -2.31. The number of para-hydroxylation sites is 1. The highest BCUT2D eigenvalue weighted by Crippen LogP contribution is 2.48. The van der Waals surface area contributed by atoms with Crippen molar-refractivity contribution in [3.05, 3.63) is 64.8 Å². The van der Waals surface area contributed by atoms with Crippen LogP contribution in [-0.2, 0) is 33.1 Å². The molecule has 2 heterocycles. The Morgan fingerprint density at radius 1 is 1.09 bits per heavy atom. The lowest BCUT2D eigenvalue weighted by molar-refractivity contribution is -0.124. The Bertz CT molecular complexity index is 1330. The number of rotatable bonds is 9. The van der Waals surface area contributed by atoms with Gasteiger partial charge in [-0.1, -0.05) is 50.6 Å². The van der Waals surface area contributed by atoms with Crippen molar-refractivity contribution in [2.24, 2.45) is 5.92 Å². The fraction of sp³-hybridized carbons (Fsp3) is 0.444. The smallest absolute Gasteiger partial charge is 0.238 e. The Balaban J connectivity index is 1.76. The monoisotopic (exact) mass is 500 g/mol. The summed E-state index contributed by atoms with van der Waals surface area (Å²) in [4.78, 5) is 15.9. The van der Waals surface area contributed by atoms with Crippen LogP contribution in [0.25, 0.3) is 10.9 Å². The van der Waals surface area contributed by atoms with Crippen molar-refractivity contribution in [1.82, 2.24) is 4.57 Å². The lowest BCUT2D eigenvalue weighted by Crippen LogP contribution is -2.41. The van der Waals surface area contributed by atoms with Crippen LogP contribution < -0.4 is 4.90 Å². The third-order valence-electron chi connectivity index (χ3n) is 6.89. The van der Waals surface area contributed by atoms with E-state index < -0.39 is 15.3 Å². The number of sulfone groups is 1. The molecule has 0 aliphatic carbocycles. The minimum Gasteiger partial charge on any atom is -0.343 e. The van der Waals surface area contributed by atoms with Crippen LogP contribution in [0.15, 0.2) is 48.5 Å². The van der Waals surface area contributed by atoms with Gasteiger partial charge in [0.25, 0.3) is 0 Å². The molecule has 182 valence electrons. The zero-order chi connectivity index (χ0) is 24.7. The number of halogens is 1. The minimum absolute atomic E-state index is 0.124. The second-order valence-corrected chi connectivity index (χ2v) is 12.6. The first-order valence-electron chi connectivity index (χ1n) is 11.9. The summed E-state index contributed by atoms with van der Waals surface area (Å²) in [6.45, 7) is 7.42. The zero-order valence-electron chi connectivity index (χ0n) is 20.3. The summed E-state index contributed by atoms with van der Waals surface area (Å²) in [5, 5.41) is 1.64. The average molecular weight is 501 g/mol. The molecule has 0 N–H and O–H groups in total. The number of benzene rings is 2. The molecule has 34 heavy (non-hydrogen) atoms. The lowest BCUT2D eigenvalue weighted by Gasteiger charge is -2.29. The molecule has 0 fully saturated rings. The summed E-state index contributed by atoms with van der Waals surface area (Å²) < 4.78 is 25.6. The van der Waals surface area contributed by atoms with Gasteiger partial charge in [-0.15, -0.1) is 0 Å². The Kier molecular flexibility index (Phi) is 6.85. The lowest BCUT2D eigenvalue weighted by atomic mass is 9.73. The number of amides is 1. The second kappa shape index (κ2) is 9.38. The molecule has 1 aliphatic heterocycles. The summed E-state index contributed by atoms with van der Waals surface area (Å²) in [6, 6.07) is 16.0. The molecule has 2 aromatic carbocycles. The number of hydrogen-bond acceptors (Lipinski definition) is 3. The SMILES string of the molecule is CCC1(CC(C)C)C(=O)N(Cc2cc3cc(Cl)ccc3n2CCCS(C)(=O)=O)c2ccccc21. The van der Waals surface area contributed by atoms with Crippen LogP contribution in [0, 0.1) is 5.92 Å². The van der Waals surface area contributed by atoms with Gasteiger partial charge in [0.1, 0.15) is 9.84 Å².